The van der Waals surface area contributed by atoms with Gasteiger partial charge in [0, 0.05) is 18.7 Å². The number of nitrogens with zero attached hydrogens (tertiary/aromatic N) is 2. The summed E-state index contributed by atoms with van der Waals surface area (Å²) in [5, 5.41) is 4.91. The van der Waals surface area contributed by atoms with Crippen LogP contribution in [0.15, 0.2) is 30.5 Å². The number of carbonyl (C=O) groups excluding carboxylic acids is 1. The number of aromatic nitrogens is 1. The van der Waals surface area contributed by atoms with Crippen LogP contribution in [0.3, 0.4) is 0 Å². The van der Waals surface area contributed by atoms with Crippen LogP contribution in [0.2, 0.25) is 5.02 Å². The second-order valence-electron chi connectivity index (χ2n) is 7.09. The van der Waals surface area contributed by atoms with Crippen molar-refractivity contribution in [3.63, 3.8) is 0 Å². The quantitative estimate of drug-likeness (QED) is 0.860. The lowest BCUT2D eigenvalue weighted by molar-refractivity contribution is 0.0415. The van der Waals surface area contributed by atoms with Crippen molar-refractivity contribution < 1.29 is 4.79 Å². The topological polar surface area (TPSA) is 45.2 Å². The smallest absolute Gasteiger partial charge is 0.265 e. The maximum absolute atomic E-state index is 13.0. The van der Waals surface area contributed by atoms with E-state index >= 15 is 0 Å². The summed E-state index contributed by atoms with van der Waals surface area (Å²) in [5.41, 5.74) is 1.21. The fourth-order valence-electron chi connectivity index (χ4n) is 4.03. The minimum atomic E-state index is 0.119. The zero-order valence-electron chi connectivity index (χ0n) is 14.1. The molecule has 25 heavy (non-hydrogen) atoms. The van der Waals surface area contributed by atoms with Crippen molar-refractivity contribution in [2.24, 2.45) is 5.41 Å². The molecule has 1 aromatic heterocycles. The predicted octanol–water partition coefficient (Wildman–Crippen LogP) is 4.07. The summed E-state index contributed by atoms with van der Waals surface area (Å²) < 4.78 is 0. The van der Waals surface area contributed by atoms with Gasteiger partial charge in [-0.2, -0.15) is 0 Å². The van der Waals surface area contributed by atoms with Gasteiger partial charge >= 0.3 is 0 Å². The number of hydrogen-bond acceptors (Lipinski definition) is 4. The molecule has 0 aliphatic carbocycles. The highest BCUT2D eigenvalue weighted by atomic mass is 35.5. The number of piperidine rings is 2. The second kappa shape index (κ2) is 7.06. The molecule has 2 aliphatic rings. The zero-order chi connectivity index (χ0) is 17.3. The predicted molar refractivity (Wildman–Crippen MR) is 102 cm³/mol. The number of hydrogen-bond donors (Lipinski definition) is 1. The summed E-state index contributed by atoms with van der Waals surface area (Å²) in [5.74, 6) is 0.119. The average molecular weight is 376 g/mol. The van der Waals surface area contributed by atoms with Gasteiger partial charge in [-0.1, -0.05) is 29.8 Å². The van der Waals surface area contributed by atoms with Crippen molar-refractivity contribution in [3.8, 4) is 10.6 Å². The number of nitrogens with one attached hydrogen (secondary N) is 1. The Morgan fingerprint density at radius 3 is 2.84 bits per heavy atom. The van der Waals surface area contributed by atoms with Crippen LogP contribution in [0.5, 0.6) is 0 Å². The third kappa shape index (κ3) is 3.46. The lowest BCUT2D eigenvalue weighted by atomic mass is 9.73. The molecule has 132 valence electrons. The van der Waals surface area contributed by atoms with Gasteiger partial charge < -0.3 is 10.2 Å². The Bertz CT molecular complexity index is 764. The molecule has 0 saturated carbocycles. The molecule has 0 unspecified atom stereocenters. The molecule has 2 aromatic rings. The number of carbonyl (C=O) groups is 1. The first-order valence-corrected chi connectivity index (χ1v) is 10.1. The van der Waals surface area contributed by atoms with E-state index < -0.39 is 0 Å². The Hall–Kier alpha value is -1.43. The fraction of sp³-hybridized carbons (Fsp3) is 0.474. The highest BCUT2D eigenvalue weighted by molar-refractivity contribution is 7.17. The van der Waals surface area contributed by atoms with Gasteiger partial charge in [0.25, 0.3) is 5.91 Å². The molecule has 0 bridgehead atoms. The van der Waals surface area contributed by atoms with Crippen LogP contribution in [0.1, 0.15) is 35.4 Å². The van der Waals surface area contributed by atoms with Crippen molar-refractivity contribution in [1.29, 1.82) is 0 Å². The summed E-state index contributed by atoms with van der Waals surface area (Å²) in [4.78, 5) is 20.2. The number of likely N-dealkylation sites (tertiary alicyclic amines) is 1. The standard InChI is InChI=1S/C19H22ClN3OS/c20-15-5-2-1-4-14(15)17-22-12-16(25-17)18(24)23-11-3-6-19(13-23)7-9-21-10-8-19/h1-2,4-5,12,21H,3,6-11,13H2. The molecule has 1 spiro atoms. The Labute approximate surface area is 157 Å². The normalized spacial score (nSPS) is 20.0. The van der Waals surface area contributed by atoms with E-state index in [1.165, 1.54) is 30.6 Å². The minimum absolute atomic E-state index is 0.119. The highest BCUT2D eigenvalue weighted by Gasteiger charge is 2.38. The third-order valence-electron chi connectivity index (χ3n) is 5.43. The Kier molecular flexibility index (Phi) is 4.80. The number of benzene rings is 1. The zero-order valence-corrected chi connectivity index (χ0v) is 15.7. The average Bonchev–Trinajstić information content (AvgIpc) is 3.12. The Morgan fingerprint density at radius 2 is 2.04 bits per heavy atom. The van der Waals surface area contributed by atoms with Crippen molar-refractivity contribution in [2.75, 3.05) is 26.2 Å². The highest BCUT2D eigenvalue weighted by Crippen LogP contribution is 2.39. The van der Waals surface area contributed by atoms with Crippen LogP contribution in [-0.2, 0) is 0 Å². The summed E-state index contributed by atoms with van der Waals surface area (Å²) in [7, 11) is 0. The van der Waals surface area contributed by atoms with Crippen LogP contribution in [-0.4, -0.2) is 42.0 Å². The molecule has 1 aromatic carbocycles. The van der Waals surface area contributed by atoms with Gasteiger partial charge in [0.05, 0.1) is 11.2 Å². The van der Waals surface area contributed by atoms with Gasteiger partial charge in [0.15, 0.2) is 0 Å². The number of thiazole rings is 1. The molecule has 4 rings (SSSR count). The first-order valence-electron chi connectivity index (χ1n) is 8.88. The first-order chi connectivity index (χ1) is 12.2. The number of halogens is 1. The van der Waals surface area contributed by atoms with Crippen molar-refractivity contribution in [1.82, 2.24) is 15.2 Å². The SMILES string of the molecule is O=C(c1cnc(-c2ccccc2Cl)s1)N1CCCC2(CCNCC2)C1. The van der Waals surface area contributed by atoms with E-state index in [1.54, 1.807) is 6.20 Å². The van der Waals surface area contributed by atoms with Gasteiger partial charge in [-0.25, -0.2) is 4.98 Å². The fourth-order valence-corrected chi connectivity index (χ4v) is 5.24. The largest absolute Gasteiger partial charge is 0.337 e. The molecule has 1 amide bonds. The van der Waals surface area contributed by atoms with Crippen LogP contribution in [0.25, 0.3) is 10.6 Å². The lowest BCUT2D eigenvalue weighted by Gasteiger charge is -2.45. The van der Waals surface area contributed by atoms with Crippen molar-refractivity contribution in [2.45, 2.75) is 25.7 Å². The van der Waals surface area contributed by atoms with Crippen LogP contribution < -0.4 is 5.32 Å². The van der Waals surface area contributed by atoms with E-state index in [1.807, 2.05) is 29.2 Å². The van der Waals surface area contributed by atoms with E-state index in [9.17, 15) is 4.79 Å². The molecule has 2 aliphatic heterocycles. The van der Waals surface area contributed by atoms with Gasteiger partial charge in [0.2, 0.25) is 0 Å². The molecule has 6 heteroatoms. The third-order valence-corrected chi connectivity index (χ3v) is 6.78. The van der Waals surface area contributed by atoms with Gasteiger partial charge in [-0.05, 0) is 50.3 Å². The molecule has 3 heterocycles. The molecular weight excluding hydrogens is 354 g/mol. The molecule has 2 saturated heterocycles. The Balaban J connectivity index is 1.52. The minimum Gasteiger partial charge on any atom is -0.337 e. The Morgan fingerprint density at radius 1 is 1.24 bits per heavy atom. The van der Waals surface area contributed by atoms with Crippen molar-refractivity contribution >= 4 is 28.8 Å². The number of amides is 1. The van der Waals surface area contributed by atoms with Crippen LogP contribution >= 0.6 is 22.9 Å². The second-order valence-corrected chi connectivity index (χ2v) is 8.53. The van der Waals surface area contributed by atoms with Crippen LogP contribution in [0, 0.1) is 5.41 Å². The summed E-state index contributed by atoms with van der Waals surface area (Å²) in [6.07, 6.45) is 6.39. The van der Waals surface area contributed by atoms with Crippen LogP contribution in [0.4, 0.5) is 0 Å². The molecule has 4 nitrogen and oxygen atoms in total. The number of rotatable bonds is 2. The van der Waals surface area contributed by atoms with E-state index in [0.29, 0.717) is 15.3 Å². The van der Waals surface area contributed by atoms with Gasteiger partial charge in [-0.3, -0.25) is 4.79 Å². The van der Waals surface area contributed by atoms with Crippen molar-refractivity contribution in [3.05, 3.63) is 40.4 Å². The molecule has 1 N–H and O–H groups in total. The summed E-state index contributed by atoms with van der Waals surface area (Å²) >= 11 is 7.70. The molecule has 0 radical (unpaired) electrons. The monoisotopic (exact) mass is 375 g/mol. The molecule has 2 fully saturated rings. The van der Waals surface area contributed by atoms with E-state index in [4.69, 9.17) is 11.6 Å². The van der Waals surface area contributed by atoms with E-state index in [2.05, 4.69) is 10.3 Å². The van der Waals surface area contributed by atoms with E-state index in [-0.39, 0.29) is 5.91 Å². The molecule has 0 atom stereocenters. The first kappa shape index (κ1) is 17.0. The summed E-state index contributed by atoms with van der Waals surface area (Å²) in [6, 6.07) is 7.64. The summed E-state index contributed by atoms with van der Waals surface area (Å²) in [6.45, 7) is 3.87. The van der Waals surface area contributed by atoms with Gasteiger partial charge in [-0.15, -0.1) is 11.3 Å². The van der Waals surface area contributed by atoms with Gasteiger partial charge in [0.1, 0.15) is 9.88 Å². The van der Waals surface area contributed by atoms with E-state index in [0.717, 1.165) is 43.2 Å². The molecular formula is C19H22ClN3OS. The maximum atomic E-state index is 13.0. The maximum Gasteiger partial charge on any atom is 0.265 e. The lowest BCUT2D eigenvalue weighted by Crippen LogP contribution is -2.50.